The molecule has 0 radical (unpaired) electrons. The smallest absolute Gasteiger partial charge is 0.234 e. The quantitative estimate of drug-likeness (QED) is 0.709. The molecule has 0 saturated heterocycles. The van der Waals surface area contributed by atoms with E-state index in [-0.39, 0.29) is 11.9 Å². The minimum absolute atomic E-state index is 0.0469. The molecule has 1 aromatic rings. The van der Waals surface area contributed by atoms with Crippen molar-refractivity contribution in [3.05, 3.63) is 24.2 Å². The van der Waals surface area contributed by atoms with Gasteiger partial charge in [0.25, 0.3) is 0 Å². The predicted octanol–water partition coefficient (Wildman–Crippen LogP) is 1.57. The molecule has 0 aliphatic heterocycles. The largest absolute Gasteiger partial charge is 0.469 e. The van der Waals surface area contributed by atoms with Crippen LogP contribution in [0.15, 0.2) is 22.8 Å². The number of amides is 1. The van der Waals surface area contributed by atoms with Crippen molar-refractivity contribution in [1.82, 2.24) is 10.6 Å². The molecule has 0 aromatic carbocycles. The fraction of sp³-hybridized carbons (Fsp3) is 0.615. The highest BCUT2D eigenvalue weighted by atomic mass is 16.3. The van der Waals surface area contributed by atoms with Gasteiger partial charge in [0.15, 0.2) is 0 Å². The number of carbonyl (C=O) groups excluding carboxylic acids is 1. The van der Waals surface area contributed by atoms with Gasteiger partial charge in [0.1, 0.15) is 5.76 Å². The van der Waals surface area contributed by atoms with Gasteiger partial charge in [-0.15, -0.1) is 0 Å². The number of furan rings is 1. The van der Waals surface area contributed by atoms with Crippen molar-refractivity contribution in [1.29, 1.82) is 0 Å². The standard InChI is InChI=1S/C13H22N2O2/c1-10(2)11(3)15-13(16)9-14-7-6-12-5-4-8-17-12/h4-5,8,10-11,14H,6-7,9H2,1-3H3,(H,15,16). The molecular formula is C13H22N2O2. The van der Waals surface area contributed by atoms with E-state index in [0.717, 1.165) is 18.7 Å². The van der Waals surface area contributed by atoms with Crippen LogP contribution in [0.1, 0.15) is 26.5 Å². The van der Waals surface area contributed by atoms with Crippen molar-refractivity contribution in [2.75, 3.05) is 13.1 Å². The van der Waals surface area contributed by atoms with Crippen molar-refractivity contribution in [2.24, 2.45) is 5.92 Å². The summed E-state index contributed by atoms with van der Waals surface area (Å²) in [4.78, 5) is 11.5. The molecule has 1 unspecified atom stereocenters. The Morgan fingerprint density at radius 3 is 2.76 bits per heavy atom. The Hall–Kier alpha value is -1.29. The van der Waals surface area contributed by atoms with Crippen LogP contribution in [0, 0.1) is 5.92 Å². The van der Waals surface area contributed by atoms with Gasteiger partial charge in [0, 0.05) is 19.0 Å². The Bertz CT molecular complexity index is 320. The first-order valence-corrected chi connectivity index (χ1v) is 6.12. The maximum absolute atomic E-state index is 11.5. The van der Waals surface area contributed by atoms with E-state index in [1.807, 2.05) is 19.1 Å². The highest BCUT2D eigenvalue weighted by molar-refractivity contribution is 5.78. The Morgan fingerprint density at radius 1 is 1.41 bits per heavy atom. The third kappa shape index (κ3) is 5.54. The van der Waals surface area contributed by atoms with Crippen LogP contribution >= 0.6 is 0 Å². The number of rotatable bonds is 7. The average Bonchev–Trinajstić information content (AvgIpc) is 2.77. The van der Waals surface area contributed by atoms with Crippen LogP contribution < -0.4 is 10.6 Å². The van der Waals surface area contributed by atoms with Crippen molar-refractivity contribution in [2.45, 2.75) is 33.2 Å². The van der Waals surface area contributed by atoms with E-state index < -0.39 is 0 Å². The number of nitrogens with one attached hydrogen (secondary N) is 2. The lowest BCUT2D eigenvalue weighted by molar-refractivity contribution is -0.121. The molecular weight excluding hydrogens is 216 g/mol. The average molecular weight is 238 g/mol. The summed E-state index contributed by atoms with van der Waals surface area (Å²) in [6, 6.07) is 4.02. The number of carbonyl (C=O) groups is 1. The van der Waals surface area contributed by atoms with Gasteiger partial charge in [-0.25, -0.2) is 0 Å². The third-order valence-corrected chi connectivity index (χ3v) is 2.80. The summed E-state index contributed by atoms with van der Waals surface area (Å²) >= 11 is 0. The zero-order chi connectivity index (χ0) is 12.7. The van der Waals surface area contributed by atoms with Crippen LogP contribution in [0.25, 0.3) is 0 Å². The maximum Gasteiger partial charge on any atom is 0.234 e. The summed E-state index contributed by atoms with van der Waals surface area (Å²) < 4.78 is 5.20. The molecule has 4 heteroatoms. The molecule has 4 nitrogen and oxygen atoms in total. The van der Waals surface area contributed by atoms with Crippen LogP contribution in [-0.4, -0.2) is 25.0 Å². The van der Waals surface area contributed by atoms with E-state index in [9.17, 15) is 4.79 Å². The maximum atomic E-state index is 11.5. The SMILES string of the molecule is CC(C)C(C)NC(=O)CNCCc1ccco1. The Balaban J connectivity index is 2.08. The van der Waals surface area contributed by atoms with Gasteiger partial charge >= 0.3 is 0 Å². The molecule has 17 heavy (non-hydrogen) atoms. The molecule has 2 N–H and O–H groups in total. The highest BCUT2D eigenvalue weighted by Crippen LogP contribution is 2.00. The lowest BCUT2D eigenvalue weighted by Crippen LogP contribution is -2.41. The lowest BCUT2D eigenvalue weighted by Gasteiger charge is -2.17. The monoisotopic (exact) mass is 238 g/mol. The van der Waals surface area contributed by atoms with Crippen LogP contribution in [0.2, 0.25) is 0 Å². The third-order valence-electron chi connectivity index (χ3n) is 2.80. The fourth-order valence-corrected chi connectivity index (χ4v) is 1.34. The zero-order valence-corrected chi connectivity index (χ0v) is 10.8. The van der Waals surface area contributed by atoms with E-state index in [2.05, 4.69) is 24.5 Å². The first-order valence-electron chi connectivity index (χ1n) is 6.12. The summed E-state index contributed by atoms with van der Waals surface area (Å²) in [6.07, 6.45) is 2.46. The van der Waals surface area contributed by atoms with Gasteiger partial charge < -0.3 is 15.1 Å². The van der Waals surface area contributed by atoms with E-state index in [1.165, 1.54) is 0 Å². The van der Waals surface area contributed by atoms with Crippen LogP contribution in [0.5, 0.6) is 0 Å². The van der Waals surface area contributed by atoms with Crippen molar-refractivity contribution < 1.29 is 9.21 Å². The van der Waals surface area contributed by atoms with Crippen molar-refractivity contribution >= 4 is 5.91 Å². The van der Waals surface area contributed by atoms with Gasteiger partial charge in [0.05, 0.1) is 12.8 Å². The van der Waals surface area contributed by atoms with E-state index >= 15 is 0 Å². The second-order valence-electron chi connectivity index (χ2n) is 4.61. The molecule has 0 saturated carbocycles. The van der Waals surface area contributed by atoms with E-state index in [4.69, 9.17) is 4.42 Å². The van der Waals surface area contributed by atoms with Crippen molar-refractivity contribution in [3.8, 4) is 0 Å². The van der Waals surface area contributed by atoms with Crippen LogP contribution in [0.4, 0.5) is 0 Å². The topological polar surface area (TPSA) is 54.3 Å². The van der Waals surface area contributed by atoms with E-state index in [1.54, 1.807) is 6.26 Å². The summed E-state index contributed by atoms with van der Waals surface area (Å²) in [6.45, 7) is 7.31. The molecule has 1 rings (SSSR count). The lowest BCUT2D eigenvalue weighted by atomic mass is 10.1. The Morgan fingerprint density at radius 2 is 2.18 bits per heavy atom. The summed E-state index contributed by atoms with van der Waals surface area (Å²) in [7, 11) is 0. The first-order chi connectivity index (χ1) is 8.09. The first kappa shape index (κ1) is 13.8. The van der Waals surface area contributed by atoms with Gasteiger partial charge in [-0.3, -0.25) is 4.79 Å². The van der Waals surface area contributed by atoms with Crippen molar-refractivity contribution in [3.63, 3.8) is 0 Å². The molecule has 0 bridgehead atoms. The molecule has 0 aliphatic rings. The van der Waals surface area contributed by atoms with Gasteiger partial charge in [0.2, 0.25) is 5.91 Å². The van der Waals surface area contributed by atoms with Crippen LogP contribution in [-0.2, 0) is 11.2 Å². The molecule has 96 valence electrons. The van der Waals surface area contributed by atoms with Crippen LogP contribution in [0.3, 0.4) is 0 Å². The zero-order valence-electron chi connectivity index (χ0n) is 10.8. The number of hydrogen-bond acceptors (Lipinski definition) is 3. The second kappa shape index (κ2) is 7.12. The summed E-state index contributed by atoms with van der Waals surface area (Å²) in [5.74, 6) is 1.45. The molecule has 1 aromatic heterocycles. The summed E-state index contributed by atoms with van der Waals surface area (Å²) in [5.41, 5.74) is 0. The summed E-state index contributed by atoms with van der Waals surface area (Å²) in [5, 5.41) is 6.04. The Kier molecular flexibility index (Phi) is 5.77. The minimum Gasteiger partial charge on any atom is -0.469 e. The molecule has 1 atom stereocenters. The fourth-order valence-electron chi connectivity index (χ4n) is 1.34. The molecule has 0 spiro atoms. The molecule has 1 heterocycles. The van der Waals surface area contributed by atoms with Gasteiger partial charge in [-0.05, 0) is 25.0 Å². The highest BCUT2D eigenvalue weighted by Gasteiger charge is 2.09. The number of hydrogen-bond donors (Lipinski definition) is 2. The molecule has 0 fully saturated rings. The molecule has 0 aliphatic carbocycles. The normalized spacial score (nSPS) is 12.7. The Labute approximate surface area is 103 Å². The predicted molar refractivity (Wildman–Crippen MR) is 67.7 cm³/mol. The minimum atomic E-state index is 0.0469. The molecule has 1 amide bonds. The van der Waals surface area contributed by atoms with E-state index in [0.29, 0.717) is 12.5 Å². The van der Waals surface area contributed by atoms with Gasteiger partial charge in [-0.1, -0.05) is 13.8 Å². The van der Waals surface area contributed by atoms with Gasteiger partial charge in [-0.2, -0.15) is 0 Å². The second-order valence-corrected chi connectivity index (χ2v) is 4.61.